The Bertz CT molecular complexity index is 291. The van der Waals surface area contributed by atoms with E-state index in [1.807, 2.05) is 30.0 Å². The standard InChI is InChI=1S/C12H18ClNS/c1-3-15-8-7-14-10(2)11-5-4-6-12(13)9-11/h4-6,9-10,14H,3,7-8H2,1-2H3/t10-/m1/s1. The Kier molecular flexibility index (Phi) is 6.15. The van der Waals surface area contributed by atoms with E-state index in [2.05, 4.69) is 25.2 Å². The highest BCUT2D eigenvalue weighted by molar-refractivity contribution is 7.99. The van der Waals surface area contributed by atoms with Crippen molar-refractivity contribution < 1.29 is 0 Å². The molecule has 0 heterocycles. The molecule has 3 heteroatoms. The van der Waals surface area contributed by atoms with Crippen molar-refractivity contribution in [3.63, 3.8) is 0 Å². The average Bonchev–Trinajstić information content (AvgIpc) is 2.24. The van der Waals surface area contributed by atoms with Gasteiger partial charge in [-0.1, -0.05) is 30.7 Å². The second kappa shape index (κ2) is 7.15. The first-order chi connectivity index (χ1) is 7.24. The van der Waals surface area contributed by atoms with Crippen LogP contribution >= 0.6 is 23.4 Å². The second-order valence-electron chi connectivity index (χ2n) is 3.43. The summed E-state index contributed by atoms with van der Waals surface area (Å²) >= 11 is 7.90. The minimum absolute atomic E-state index is 0.376. The molecule has 0 aliphatic carbocycles. The van der Waals surface area contributed by atoms with Crippen molar-refractivity contribution in [1.82, 2.24) is 5.32 Å². The van der Waals surface area contributed by atoms with Gasteiger partial charge in [0, 0.05) is 23.4 Å². The van der Waals surface area contributed by atoms with Crippen LogP contribution in [-0.2, 0) is 0 Å². The summed E-state index contributed by atoms with van der Waals surface area (Å²) in [7, 11) is 0. The fourth-order valence-corrected chi connectivity index (χ4v) is 2.14. The summed E-state index contributed by atoms with van der Waals surface area (Å²) < 4.78 is 0. The molecular formula is C12H18ClNS. The molecule has 0 saturated carbocycles. The Morgan fingerprint density at radius 3 is 2.93 bits per heavy atom. The molecule has 0 radical (unpaired) electrons. The van der Waals surface area contributed by atoms with Gasteiger partial charge >= 0.3 is 0 Å². The molecule has 0 amide bonds. The number of rotatable bonds is 6. The smallest absolute Gasteiger partial charge is 0.0409 e. The Morgan fingerprint density at radius 1 is 1.47 bits per heavy atom. The number of hydrogen-bond donors (Lipinski definition) is 1. The van der Waals surface area contributed by atoms with E-state index in [0.29, 0.717) is 6.04 Å². The van der Waals surface area contributed by atoms with E-state index in [9.17, 15) is 0 Å². The van der Waals surface area contributed by atoms with E-state index < -0.39 is 0 Å². The SMILES string of the molecule is CCSCCN[C@H](C)c1cccc(Cl)c1. The Balaban J connectivity index is 2.36. The van der Waals surface area contributed by atoms with Crippen molar-refractivity contribution in [1.29, 1.82) is 0 Å². The highest BCUT2D eigenvalue weighted by Crippen LogP contribution is 2.17. The predicted molar refractivity (Wildman–Crippen MR) is 70.9 cm³/mol. The summed E-state index contributed by atoms with van der Waals surface area (Å²) in [5.41, 5.74) is 1.25. The molecule has 1 rings (SSSR count). The molecule has 0 bridgehead atoms. The fourth-order valence-electron chi connectivity index (χ4n) is 1.39. The van der Waals surface area contributed by atoms with Gasteiger partial charge in [-0.05, 0) is 30.4 Å². The maximum absolute atomic E-state index is 5.94. The van der Waals surface area contributed by atoms with Gasteiger partial charge in [0.15, 0.2) is 0 Å². The quantitative estimate of drug-likeness (QED) is 0.764. The lowest BCUT2D eigenvalue weighted by atomic mass is 10.1. The highest BCUT2D eigenvalue weighted by atomic mass is 35.5. The summed E-state index contributed by atoms with van der Waals surface area (Å²) in [6.45, 7) is 5.40. The lowest BCUT2D eigenvalue weighted by Crippen LogP contribution is -2.21. The number of benzene rings is 1. The normalized spacial score (nSPS) is 12.7. The van der Waals surface area contributed by atoms with Gasteiger partial charge in [-0.25, -0.2) is 0 Å². The van der Waals surface area contributed by atoms with Crippen LogP contribution in [0.4, 0.5) is 0 Å². The van der Waals surface area contributed by atoms with E-state index in [-0.39, 0.29) is 0 Å². The van der Waals surface area contributed by atoms with E-state index in [1.54, 1.807) is 0 Å². The Labute approximate surface area is 102 Å². The number of nitrogens with one attached hydrogen (secondary N) is 1. The summed E-state index contributed by atoms with van der Waals surface area (Å²) in [5, 5.41) is 4.29. The molecule has 0 spiro atoms. The number of halogens is 1. The minimum Gasteiger partial charge on any atom is -0.309 e. The molecule has 1 aromatic rings. The molecule has 15 heavy (non-hydrogen) atoms. The molecule has 0 saturated heterocycles. The third-order valence-corrected chi connectivity index (χ3v) is 3.39. The number of hydrogen-bond acceptors (Lipinski definition) is 2. The zero-order valence-electron chi connectivity index (χ0n) is 9.29. The third kappa shape index (κ3) is 4.92. The first kappa shape index (κ1) is 12.9. The predicted octanol–water partition coefficient (Wildman–Crippen LogP) is 3.74. The van der Waals surface area contributed by atoms with E-state index in [1.165, 1.54) is 17.1 Å². The number of thioether (sulfide) groups is 1. The van der Waals surface area contributed by atoms with Crippen LogP contribution < -0.4 is 5.32 Å². The summed E-state index contributed by atoms with van der Waals surface area (Å²) in [6.07, 6.45) is 0. The van der Waals surface area contributed by atoms with Crippen LogP contribution in [0.2, 0.25) is 5.02 Å². The van der Waals surface area contributed by atoms with Gasteiger partial charge < -0.3 is 5.32 Å². The zero-order chi connectivity index (χ0) is 11.1. The van der Waals surface area contributed by atoms with Crippen LogP contribution in [0.3, 0.4) is 0 Å². The molecule has 1 aromatic carbocycles. The summed E-state index contributed by atoms with van der Waals surface area (Å²) in [4.78, 5) is 0. The van der Waals surface area contributed by atoms with Crippen LogP contribution in [0.25, 0.3) is 0 Å². The maximum atomic E-state index is 5.94. The van der Waals surface area contributed by atoms with Crippen molar-refractivity contribution in [2.45, 2.75) is 19.9 Å². The lowest BCUT2D eigenvalue weighted by Gasteiger charge is -2.14. The monoisotopic (exact) mass is 243 g/mol. The summed E-state index contributed by atoms with van der Waals surface area (Å²) in [5.74, 6) is 2.36. The average molecular weight is 244 g/mol. The molecule has 1 atom stereocenters. The van der Waals surface area contributed by atoms with Gasteiger partial charge in [-0.3, -0.25) is 0 Å². The molecule has 0 unspecified atom stereocenters. The van der Waals surface area contributed by atoms with Gasteiger partial charge in [0.1, 0.15) is 0 Å². The fraction of sp³-hybridized carbons (Fsp3) is 0.500. The second-order valence-corrected chi connectivity index (χ2v) is 5.26. The minimum atomic E-state index is 0.376. The van der Waals surface area contributed by atoms with Gasteiger partial charge in [0.25, 0.3) is 0 Å². The first-order valence-corrected chi connectivity index (χ1v) is 6.84. The molecule has 0 fully saturated rings. The van der Waals surface area contributed by atoms with Crippen molar-refractivity contribution >= 4 is 23.4 Å². The van der Waals surface area contributed by atoms with Gasteiger partial charge in [0.05, 0.1) is 0 Å². The van der Waals surface area contributed by atoms with Crippen molar-refractivity contribution in [2.75, 3.05) is 18.1 Å². The molecule has 84 valence electrons. The topological polar surface area (TPSA) is 12.0 Å². The largest absolute Gasteiger partial charge is 0.309 e. The van der Waals surface area contributed by atoms with E-state index in [0.717, 1.165) is 11.6 Å². The molecule has 0 aliphatic rings. The van der Waals surface area contributed by atoms with Gasteiger partial charge in [-0.15, -0.1) is 0 Å². The highest BCUT2D eigenvalue weighted by Gasteiger charge is 2.03. The van der Waals surface area contributed by atoms with Crippen molar-refractivity contribution in [3.05, 3.63) is 34.9 Å². The van der Waals surface area contributed by atoms with Crippen molar-refractivity contribution in [2.24, 2.45) is 0 Å². The van der Waals surface area contributed by atoms with Crippen molar-refractivity contribution in [3.8, 4) is 0 Å². The maximum Gasteiger partial charge on any atom is 0.0409 e. The van der Waals surface area contributed by atoms with Crippen LogP contribution in [0.15, 0.2) is 24.3 Å². The zero-order valence-corrected chi connectivity index (χ0v) is 10.9. The molecule has 0 aliphatic heterocycles. The first-order valence-electron chi connectivity index (χ1n) is 5.30. The Morgan fingerprint density at radius 2 is 2.27 bits per heavy atom. The lowest BCUT2D eigenvalue weighted by molar-refractivity contribution is 0.601. The van der Waals surface area contributed by atoms with Crippen LogP contribution in [0, 0.1) is 0 Å². The summed E-state index contributed by atoms with van der Waals surface area (Å²) in [6, 6.07) is 8.41. The van der Waals surface area contributed by atoms with Crippen LogP contribution in [0.1, 0.15) is 25.5 Å². The van der Waals surface area contributed by atoms with Gasteiger partial charge in [0.2, 0.25) is 0 Å². The molecule has 1 nitrogen and oxygen atoms in total. The molecule has 0 aromatic heterocycles. The molecule has 1 N–H and O–H groups in total. The third-order valence-electron chi connectivity index (χ3n) is 2.25. The van der Waals surface area contributed by atoms with Gasteiger partial charge in [-0.2, -0.15) is 11.8 Å². The van der Waals surface area contributed by atoms with Crippen LogP contribution in [0.5, 0.6) is 0 Å². The molecular weight excluding hydrogens is 226 g/mol. The van der Waals surface area contributed by atoms with E-state index in [4.69, 9.17) is 11.6 Å². The van der Waals surface area contributed by atoms with E-state index >= 15 is 0 Å². The Hall–Kier alpha value is -0.180. The van der Waals surface area contributed by atoms with Crippen LogP contribution in [-0.4, -0.2) is 18.1 Å².